The fourth-order valence-corrected chi connectivity index (χ4v) is 4.95. The van der Waals surface area contributed by atoms with Gasteiger partial charge >= 0.3 is 0 Å². The molecular weight excluding hydrogens is 457 g/mol. The van der Waals surface area contributed by atoms with Crippen molar-refractivity contribution in [1.29, 1.82) is 0 Å². The molecule has 0 bridgehead atoms. The van der Waals surface area contributed by atoms with Gasteiger partial charge in [0.15, 0.2) is 0 Å². The quantitative estimate of drug-likeness (QED) is 0.517. The van der Waals surface area contributed by atoms with Gasteiger partial charge in [0.05, 0.1) is 12.0 Å². The van der Waals surface area contributed by atoms with E-state index in [2.05, 4.69) is 5.32 Å². The van der Waals surface area contributed by atoms with Gasteiger partial charge in [0.25, 0.3) is 5.91 Å². The van der Waals surface area contributed by atoms with Crippen LogP contribution in [0.3, 0.4) is 0 Å². The molecule has 0 radical (unpaired) electrons. The van der Waals surface area contributed by atoms with E-state index in [0.29, 0.717) is 46.2 Å². The summed E-state index contributed by atoms with van der Waals surface area (Å²) in [5, 5.41) is 3.97. The Hall–Kier alpha value is -2.86. The Morgan fingerprint density at radius 1 is 0.970 bits per heavy atom. The van der Waals surface area contributed by atoms with E-state index in [9.17, 15) is 9.59 Å². The van der Waals surface area contributed by atoms with Crippen molar-refractivity contribution in [3.63, 3.8) is 0 Å². The second kappa shape index (κ2) is 10.4. The number of nitrogens with zero attached hydrogens (tertiary/aromatic N) is 1. The summed E-state index contributed by atoms with van der Waals surface area (Å²) in [6.45, 7) is 1.04. The van der Waals surface area contributed by atoms with Crippen LogP contribution in [0.1, 0.15) is 39.0 Å². The highest BCUT2D eigenvalue weighted by molar-refractivity contribution is 6.35. The Kier molecular flexibility index (Phi) is 7.33. The highest BCUT2D eigenvalue weighted by Crippen LogP contribution is 2.45. The number of carbonyl (C=O) groups is 2. The van der Waals surface area contributed by atoms with E-state index in [1.807, 2.05) is 42.5 Å². The smallest absolute Gasteiger partial charge is 0.254 e. The summed E-state index contributed by atoms with van der Waals surface area (Å²) >= 11 is 12.7. The molecule has 0 saturated heterocycles. The molecule has 170 valence electrons. The van der Waals surface area contributed by atoms with Gasteiger partial charge in [-0.05, 0) is 41.3 Å². The highest BCUT2D eigenvalue weighted by atomic mass is 35.5. The topological polar surface area (TPSA) is 75.4 Å². The summed E-state index contributed by atoms with van der Waals surface area (Å²) in [7, 11) is 0. The number of halogens is 2. The predicted octanol–water partition coefficient (Wildman–Crippen LogP) is 4.59. The van der Waals surface area contributed by atoms with Crippen molar-refractivity contribution in [3.8, 4) is 0 Å². The van der Waals surface area contributed by atoms with Crippen LogP contribution >= 0.6 is 23.2 Å². The lowest BCUT2D eigenvalue weighted by atomic mass is 9.79. The van der Waals surface area contributed by atoms with Crippen molar-refractivity contribution in [2.45, 2.75) is 18.4 Å². The first-order chi connectivity index (χ1) is 16.0. The summed E-state index contributed by atoms with van der Waals surface area (Å²) in [5.41, 5.74) is 8.86. The molecule has 0 aromatic heterocycles. The summed E-state index contributed by atoms with van der Waals surface area (Å²) in [6.07, 6.45) is 0.707. The number of nitrogens with one attached hydrogen (secondary N) is 1. The molecule has 3 aromatic rings. The van der Waals surface area contributed by atoms with Gasteiger partial charge in [-0.15, -0.1) is 0 Å². The lowest BCUT2D eigenvalue weighted by molar-refractivity contribution is -0.124. The van der Waals surface area contributed by atoms with Crippen molar-refractivity contribution < 1.29 is 9.59 Å². The monoisotopic (exact) mass is 481 g/mol. The Morgan fingerprint density at radius 3 is 2.42 bits per heavy atom. The van der Waals surface area contributed by atoms with Crippen molar-refractivity contribution in [3.05, 3.63) is 105 Å². The predicted molar refractivity (Wildman–Crippen MR) is 132 cm³/mol. The first-order valence-corrected chi connectivity index (χ1v) is 11.6. The molecule has 0 aliphatic carbocycles. The maximum atomic E-state index is 13.6. The van der Waals surface area contributed by atoms with Gasteiger partial charge in [0, 0.05) is 35.2 Å². The van der Waals surface area contributed by atoms with Crippen molar-refractivity contribution >= 4 is 35.0 Å². The molecule has 0 spiro atoms. The molecule has 2 unspecified atom stereocenters. The minimum Gasteiger partial charge on any atom is -0.355 e. The van der Waals surface area contributed by atoms with Crippen molar-refractivity contribution in [2.75, 3.05) is 19.6 Å². The molecule has 1 aliphatic heterocycles. The zero-order chi connectivity index (χ0) is 23.4. The van der Waals surface area contributed by atoms with Crippen molar-refractivity contribution in [1.82, 2.24) is 10.2 Å². The van der Waals surface area contributed by atoms with Gasteiger partial charge in [-0.2, -0.15) is 0 Å². The van der Waals surface area contributed by atoms with Crippen LogP contribution in [0.5, 0.6) is 0 Å². The lowest BCUT2D eigenvalue weighted by Gasteiger charge is -2.42. The molecule has 5 nitrogen and oxygen atoms in total. The van der Waals surface area contributed by atoms with Crippen LogP contribution in [0, 0.1) is 0 Å². The van der Waals surface area contributed by atoms with Gasteiger partial charge in [-0.25, -0.2) is 0 Å². The zero-order valence-electron chi connectivity index (χ0n) is 18.0. The minimum atomic E-state index is -0.639. The Labute approximate surface area is 203 Å². The Morgan fingerprint density at radius 2 is 1.70 bits per heavy atom. The van der Waals surface area contributed by atoms with E-state index in [0.717, 1.165) is 5.56 Å². The summed E-state index contributed by atoms with van der Waals surface area (Å²) in [6, 6.07) is 21.7. The second-order valence-electron chi connectivity index (χ2n) is 7.99. The maximum absolute atomic E-state index is 13.6. The summed E-state index contributed by atoms with van der Waals surface area (Å²) in [4.78, 5) is 28.7. The molecule has 7 heteroatoms. The standard InChI is InChI=1S/C26H25Cl2N3O2/c27-18-10-11-21(22(28)16-18)24-23(25(32)30-14-12-17-6-2-1-3-7-17)19-8-4-5-9-20(19)26(33)31(24)15-13-29/h1-11,16,23-24H,12-15,29H2,(H,30,32). The third kappa shape index (κ3) is 4.91. The third-order valence-electron chi connectivity index (χ3n) is 5.93. The maximum Gasteiger partial charge on any atom is 0.254 e. The van der Waals surface area contributed by atoms with E-state index < -0.39 is 12.0 Å². The molecule has 0 saturated carbocycles. The number of hydrogen-bond donors (Lipinski definition) is 2. The van der Waals surface area contributed by atoms with E-state index in [4.69, 9.17) is 28.9 Å². The van der Waals surface area contributed by atoms with Crippen LogP contribution < -0.4 is 11.1 Å². The number of rotatable bonds is 7. The van der Waals surface area contributed by atoms with E-state index in [1.165, 1.54) is 0 Å². The number of amides is 2. The summed E-state index contributed by atoms with van der Waals surface area (Å²) in [5.74, 6) is -0.968. The van der Waals surface area contributed by atoms with E-state index in [-0.39, 0.29) is 18.4 Å². The van der Waals surface area contributed by atoms with Crippen LogP contribution in [-0.2, 0) is 11.2 Å². The van der Waals surface area contributed by atoms with Crippen LogP contribution in [-0.4, -0.2) is 36.3 Å². The number of fused-ring (bicyclic) bond motifs is 1. The molecule has 3 N–H and O–H groups in total. The molecule has 3 aromatic carbocycles. The largest absolute Gasteiger partial charge is 0.355 e. The molecule has 2 atom stereocenters. The van der Waals surface area contributed by atoms with E-state index in [1.54, 1.807) is 35.2 Å². The van der Waals surface area contributed by atoms with E-state index >= 15 is 0 Å². The fourth-order valence-electron chi connectivity index (χ4n) is 4.43. The van der Waals surface area contributed by atoms with Gasteiger partial charge < -0.3 is 16.0 Å². The van der Waals surface area contributed by atoms with Gasteiger partial charge in [0.2, 0.25) is 5.91 Å². The second-order valence-corrected chi connectivity index (χ2v) is 8.83. The number of carbonyl (C=O) groups excluding carboxylic acids is 2. The SMILES string of the molecule is NCCN1C(=O)c2ccccc2C(C(=O)NCCc2ccccc2)C1c1ccc(Cl)cc1Cl. The number of benzene rings is 3. The first kappa shape index (κ1) is 23.3. The molecule has 1 heterocycles. The number of hydrogen-bond acceptors (Lipinski definition) is 3. The van der Waals surface area contributed by atoms with Crippen LogP contribution in [0.25, 0.3) is 0 Å². The first-order valence-electron chi connectivity index (χ1n) is 10.9. The van der Waals surface area contributed by atoms with Crippen LogP contribution in [0.15, 0.2) is 72.8 Å². The Balaban J connectivity index is 1.72. The molecule has 2 amide bonds. The minimum absolute atomic E-state index is 0.163. The van der Waals surface area contributed by atoms with Gasteiger partial charge in [-0.1, -0.05) is 77.8 Å². The molecule has 0 fully saturated rings. The summed E-state index contributed by atoms with van der Waals surface area (Å²) < 4.78 is 0. The third-order valence-corrected chi connectivity index (χ3v) is 6.49. The Bertz CT molecular complexity index is 1150. The molecule has 1 aliphatic rings. The lowest BCUT2D eigenvalue weighted by Crippen LogP contribution is -2.49. The van der Waals surface area contributed by atoms with Gasteiger partial charge in [-0.3, -0.25) is 9.59 Å². The zero-order valence-corrected chi connectivity index (χ0v) is 19.5. The normalized spacial score (nSPS) is 17.5. The highest BCUT2D eigenvalue weighted by Gasteiger charge is 2.44. The average Bonchev–Trinajstić information content (AvgIpc) is 2.82. The molecule has 33 heavy (non-hydrogen) atoms. The van der Waals surface area contributed by atoms with Crippen LogP contribution in [0.4, 0.5) is 0 Å². The molecule has 4 rings (SSSR count). The number of nitrogens with two attached hydrogens (primary N) is 1. The van der Waals surface area contributed by atoms with Crippen molar-refractivity contribution in [2.24, 2.45) is 5.73 Å². The van der Waals surface area contributed by atoms with Gasteiger partial charge in [0.1, 0.15) is 0 Å². The van der Waals surface area contributed by atoms with Crippen LogP contribution in [0.2, 0.25) is 10.0 Å². The fraction of sp³-hybridized carbons (Fsp3) is 0.231. The average molecular weight is 482 g/mol. The molecular formula is C26H25Cl2N3O2.